The fourth-order valence-electron chi connectivity index (χ4n) is 12.1. The van der Waals surface area contributed by atoms with Gasteiger partial charge in [0.2, 0.25) is 0 Å². The van der Waals surface area contributed by atoms with Gasteiger partial charge in [-0.1, -0.05) is 244 Å². The van der Waals surface area contributed by atoms with Crippen molar-refractivity contribution in [1.82, 2.24) is 0 Å². The van der Waals surface area contributed by atoms with Crippen LogP contribution in [0.15, 0.2) is 261 Å². The first-order valence-electron chi connectivity index (χ1n) is 24.2. The van der Waals surface area contributed by atoms with Crippen molar-refractivity contribution >= 4 is 27.8 Å². The Morgan fingerprint density at radius 2 is 0.797 bits per heavy atom. The van der Waals surface area contributed by atoms with Crippen LogP contribution in [0.1, 0.15) is 47.2 Å². The molecule has 2 aliphatic carbocycles. The number of nitrogens with zero attached hydrogens (tertiary/aromatic N) is 1. The molecular weight excluding hydrogens is 831 g/mol. The second kappa shape index (κ2) is 16.1. The molecule has 2 aliphatic rings. The van der Waals surface area contributed by atoms with Gasteiger partial charge in [0.25, 0.3) is 0 Å². The van der Waals surface area contributed by atoms with Crippen LogP contribution in [0.3, 0.4) is 0 Å². The van der Waals surface area contributed by atoms with Crippen molar-refractivity contribution in [2.75, 3.05) is 4.90 Å². The molecule has 0 N–H and O–H groups in total. The van der Waals surface area contributed by atoms with Crippen LogP contribution in [0.5, 0.6) is 0 Å². The van der Waals surface area contributed by atoms with E-state index in [0.29, 0.717) is 0 Å². The second-order valence-corrected chi connectivity index (χ2v) is 19.1. The van der Waals surface area contributed by atoms with E-state index < -0.39 is 5.41 Å². The van der Waals surface area contributed by atoms with Crippen LogP contribution < -0.4 is 4.90 Å². The Bertz CT molecular complexity index is 3690. The van der Waals surface area contributed by atoms with Gasteiger partial charge in [-0.3, -0.25) is 0 Å². The third-order valence-corrected chi connectivity index (χ3v) is 15.2. The van der Waals surface area contributed by atoms with Crippen molar-refractivity contribution in [3.05, 3.63) is 294 Å². The van der Waals surface area contributed by atoms with Gasteiger partial charge in [-0.05, 0) is 125 Å². The van der Waals surface area contributed by atoms with Crippen molar-refractivity contribution in [1.29, 1.82) is 0 Å². The van der Waals surface area contributed by atoms with Crippen LogP contribution in [-0.2, 0) is 10.8 Å². The molecule has 0 amide bonds. The lowest BCUT2D eigenvalue weighted by Gasteiger charge is -2.35. The maximum Gasteiger partial charge on any atom is 0.0714 e. The normalized spacial score (nSPS) is 13.6. The number of benzene rings is 11. The summed E-state index contributed by atoms with van der Waals surface area (Å²) in [6, 6.07) is 96.9. The van der Waals surface area contributed by atoms with E-state index >= 15 is 0 Å². The lowest BCUT2D eigenvalue weighted by atomic mass is 9.67. The van der Waals surface area contributed by atoms with Crippen LogP contribution >= 0.6 is 0 Å². The first kappa shape index (κ1) is 40.7. The molecule has 11 aromatic rings. The van der Waals surface area contributed by atoms with E-state index in [4.69, 9.17) is 0 Å². The molecule has 69 heavy (non-hydrogen) atoms. The smallest absolute Gasteiger partial charge is 0.0714 e. The quantitative estimate of drug-likeness (QED) is 0.147. The van der Waals surface area contributed by atoms with Crippen LogP contribution in [-0.4, -0.2) is 0 Å². The fraction of sp³-hybridized carbons (Fsp3) is 0.0588. The Morgan fingerprint density at radius 1 is 0.304 bits per heavy atom. The third-order valence-electron chi connectivity index (χ3n) is 15.2. The summed E-state index contributed by atoms with van der Waals surface area (Å²) in [4.78, 5) is 2.50. The van der Waals surface area contributed by atoms with Gasteiger partial charge in [-0.2, -0.15) is 0 Å². The number of hydrogen-bond acceptors (Lipinski definition) is 1. The summed E-state index contributed by atoms with van der Waals surface area (Å²) in [5.41, 5.74) is 23.0. The molecule has 0 saturated carbocycles. The van der Waals surface area contributed by atoms with Crippen molar-refractivity contribution in [3.63, 3.8) is 0 Å². The maximum absolute atomic E-state index is 2.50. The Kier molecular flexibility index (Phi) is 9.49. The van der Waals surface area contributed by atoms with E-state index in [9.17, 15) is 0 Å². The summed E-state index contributed by atoms with van der Waals surface area (Å²) in [5, 5.41) is 2.46. The molecule has 326 valence electrons. The molecule has 0 bridgehead atoms. The van der Waals surface area contributed by atoms with Crippen molar-refractivity contribution in [2.45, 2.75) is 24.7 Å². The van der Waals surface area contributed by atoms with E-state index in [1.54, 1.807) is 0 Å². The van der Waals surface area contributed by atoms with Crippen LogP contribution in [0.25, 0.3) is 66.4 Å². The molecule has 0 aliphatic heterocycles. The van der Waals surface area contributed by atoms with Crippen LogP contribution in [0.2, 0.25) is 0 Å². The van der Waals surface area contributed by atoms with Gasteiger partial charge in [0.05, 0.1) is 11.1 Å². The van der Waals surface area contributed by atoms with Crippen molar-refractivity contribution in [3.8, 4) is 55.6 Å². The molecule has 0 fully saturated rings. The van der Waals surface area contributed by atoms with E-state index in [1.807, 2.05) is 0 Å². The third kappa shape index (κ3) is 6.24. The lowest BCUT2D eigenvalue weighted by Crippen LogP contribution is -2.28. The first-order valence-corrected chi connectivity index (χ1v) is 24.2. The highest BCUT2D eigenvalue weighted by Crippen LogP contribution is 2.58. The molecule has 0 saturated heterocycles. The van der Waals surface area contributed by atoms with Gasteiger partial charge in [0.1, 0.15) is 0 Å². The Hall–Kier alpha value is -8.52. The van der Waals surface area contributed by atoms with E-state index in [-0.39, 0.29) is 5.41 Å². The largest absolute Gasteiger partial charge is 0.310 e. The summed E-state index contributed by atoms with van der Waals surface area (Å²) in [6.45, 7) is 4.72. The Morgan fingerprint density at radius 3 is 1.51 bits per heavy atom. The average molecular weight is 880 g/mol. The molecule has 11 aromatic carbocycles. The molecule has 0 spiro atoms. The summed E-state index contributed by atoms with van der Waals surface area (Å²) < 4.78 is 0. The van der Waals surface area contributed by atoms with Gasteiger partial charge in [0, 0.05) is 22.4 Å². The Balaban J connectivity index is 1.06. The average Bonchev–Trinajstić information content (AvgIpc) is 3.85. The standard InChI is InChI=1S/C68H49N/c1-67(2)60-35-15-13-31-59(60)66-54(33-20-37-62(66)67)47-39-41-51(42-40-47)69(64-38-17-14-30-57(64)58-34-19-24-48-23-18-32-53(65(48)58)46-21-6-3-7-22-46)52-43-44-56-55-29-12-16-36-61(55)68(63(56)45-52,49-25-8-4-9-26-49)50-27-10-5-11-28-50/h3-45H,1-2H3. The molecule has 13 rings (SSSR count). The molecule has 0 radical (unpaired) electrons. The maximum atomic E-state index is 2.50. The molecule has 1 heteroatoms. The number of para-hydroxylation sites is 1. The zero-order valence-corrected chi connectivity index (χ0v) is 38.8. The summed E-state index contributed by atoms with van der Waals surface area (Å²) >= 11 is 0. The minimum Gasteiger partial charge on any atom is -0.310 e. The monoisotopic (exact) mass is 879 g/mol. The predicted molar refractivity (Wildman–Crippen MR) is 290 cm³/mol. The molecular formula is C68H49N. The molecule has 0 unspecified atom stereocenters. The SMILES string of the molecule is CC1(C)c2ccccc2-c2c(-c3ccc(N(c4ccc5c(c4)C(c4ccccc4)(c4ccccc4)c4ccccc4-5)c4ccccc4-c4cccc5cccc(-c6ccccc6)c45)cc3)cccc21. The van der Waals surface area contributed by atoms with E-state index in [2.05, 4.69) is 280 Å². The van der Waals surface area contributed by atoms with E-state index in [1.165, 1.54) is 94.2 Å². The van der Waals surface area contributed by atoms with Gasteiger partial charge >= 0.3 is 0 Å². The minimum atomic E-state index is -0.544. The zero-order chi connectivity index (χ0) is 46.1. The lowest BCUT2D eigenvalue weighted by molar-refractivity contribution is 0.660. The Labute approximate surface area is 405 Å². The van der Waals surface area contributed by atoms with Crippen LogP contribution in [0.4, 0.5) is 17.1 Å². The van der Waals surface area contributed by atoms with Crippen molar-refractivity contribution in [2.24, 2.45) is 0 Å². The van der Waals surface area contributed by atoms with Gasteiger partial charge in [-0.25, -0.2) is 0 Å². The number of fused-ring (bicyclic) bond motifs is 7. The number of rotatable bonds is 8. The highest BCUT2D eigenvalue weighted by atomic mass is 15.1. The second-order valence-electron chi connectivity index (χ2n) is 19.1. The minimum absolute atomic E-state index is 0.0771. The van der Waals surface area contributed by atoms with Gasteiger partial charge in [0.15, 0.2) is 0 Å². The van der Waals surface area contributed by atoms with E-state index in [0.717, 1.165) is 22.6 Å². The molecule has 0 atom stereocenters. The van der Waals surface area contributed by atoms with Crippen LogP contribution in [0, 0.1) is 0 Å². The highest BCUT2D eigenvalue weighted by molar-refractivity contribution is 6.09. The van der Waals surface area contributed by atoms with Gasteiger partial charge < -0.3 is 4.90 Å². The molecule has 0 heterocycles. The molecule has 1 nitrogen and oxygen atoms in total. The topological polar surface area (TPSA) is 3.24 Å². The summed E-state index contributed by atoms with van der Waals surface area (Å²) in [5.74, 6) is 0. The van der Waals surface area contributed by atoms with Gasteiger partial charge in [-0.15, -0.1) is 0 Å². The number of hydrogen-bond donors (Lipinski definition) is 0. The first-order chi connectivity index (χ1) is 34.0. The number of anilines is 3. The molecule has 0 aromatic heterocycles. The fourth-order valence-corrected chi connectivity index (χ4v) is 12.1. The zero-order valence-electron chi connectivity index (χ0n) is 38.8. The summed E-state index contributed by atoms with van der Waals surface area (Å²) in [6.07, 6.45) is 0. The highest BCUT2D eigenvalue weighted by Gasteiger charge is 2.46. The predicted octanol–water partition coefficient (Wildman–Crippen LogP) is 18.0. The summed E-state index contributed by atoms with van der Waals surface area (Å²) in [7, 11) is 0. The van der Waals surface area contributed by atoms with Crippen molar-refractivity contribution < 1.29 is 0 Å².